The Balaban J connectivity index is 2.50. The van der Waals surface area contributed by atoms with Crippen LogP contribution in [0.1, 0.15) is 24.4 Å². The molecule has 0 aromatic heterocycles. The number of benzene rings is 1. The number of halogens is 4. The summed E-state index contributed by atoms with van der Waals surface area (Å²) < 4.78 is 14.4. The van der Waals surface area contributed by atoms with E-state index in [9.17, 15) is 4.39 Å². The van der Waals surface area contributed by atoms with E-state index in [1.807, 2.05) is 0 Å². The molecule has 1 aliphatic heterocycles. The molecule has 1 saturated heterocycles. The Bertz CT molecular complexity index is 391. The molecule has 0 radical (unpaired) electrons. The van der Waals surface area contributed by atoms with Gasteiger partial charge in [0.1, 0.15) is 5.82 Å². The SMILES string of the molecule is Fc1c(Cl)c(Br)cc(Cl)c1[C@@H]1CCCN1. The fraction of sp³-hybridized carbons (Fsp3) is 0.400. The highest BCUT2D eigenvalue weighted by Gasteiger charge is 2.25. The Morgan fingerprint density at radius 1 is 1.47 bits per heavy atom. The molecular weight excluding hydrogens is 304 g/mol. The first-order valence-corrected chi connectivity index (χ1v) is 6.22. The van der Waals surface area contributed by atoms with Gasteiger partial charge in [0.15, 0.2) is 0 Å². The van der Waals surface area contributed by atoms with Gasteiger partial charge in [-0.15, -0.1) is 0 Å². The molecular formula is C10H9BrCl2FN. The van der Waals surface area contributed by atoms with Gasteiger partial charge in [-0.2, -0.15) is 0 Å². The molecule has 1 aromatic rings. The van der Waals surface area contributed by atoms with Crippen LogP contribution in [0.3, 0.4) is 0 Å². The predicted octanol–water partition coefficient (Wildman–Crippen LogP) is 4.32. The zero-order valence-corrected chi connectivity index (χ0v) is 10.9. The van der Waals surface area contributed by atoms with E-state index in [0.717, 1.165) is 19.4 Å². The maximum Gasteiger partial charge on any atom is 0.149 e. The first-order valence-electron chi connectivity index (χ1n) is 4.67. The predicted molar refractivity (Wildman–Crippen MR) is 64.1 cm³/mol. The highest BCUT2D eigenvalue weighted by atomic mass is 79.9. The van der Waals surface area contributed by atoms with Crippen molar-refractivity contribution in [1.82, 2.24) is 5.32 Å². The van der Waals surface area contributed by atoms with Crippen molar-refractivity contribution in [3.63, 3.8) is 0 Å². The van der Waals surface area contributed by atoms with Crippen molar-refractivity contribution in [2.45, 2.75) is 18.9 Å². The minimum Gasteiger partial charge on any atom is -0.310 e. The molecule has 1 fully saturated rings. The fourth-order valence-corrected chi connectivity index (χ4v) is 2.85. The molecule has 0 amide bonds. The Morgan fingerprint density at radius 3 is 2.80 bits per heavy atom. The molecule has 0 aliphatic carbocycles. The summed E-state index contributed by atoms with van der Waals surface area (Å²) in [6.07, 6.45) is 1.93. The van der Waals surface area contributed by atoms with Crippen molar-refractivity contribution in [2.75, 3.05) is 6.54 Å². The van der Waals surface area contributed by atoms with Crippen molar-refractivity contribution in [1.29, 1.82) is 0 Å². The monoisotopic (exact) mass is 311 g/mol. The molecule has 5 heteroatoms. The van der Waals surface area contributed by atoms with Crippen LogP contribution in [-0.4, -0.2) is 6.54 Å². The van der Waals surface area contributed by atoms with Crippen LogP contribution in [0.15, 0.2) is 10.5 Å². The molecule has 0 bridgehead atoms. The molecule has 0 unspecified atom stereocenters. The van der Waals surface area contributed by atoms with Gasteiger partial charge in [0, 0.05) is 21.1 Å². The lowest BCUT2D eigenvalue weighted by molar-refractivity contribution is 0.558. The Morgan fingerprint density at radius 2 is 2.20 bits per heavy atom. The van der Waals surface area contributed by atoms with Crippen LogP contribution in [0.25, 0.3) is 0 Å². The van der Waals surface area contributed by atoms with Crippen LogP contribution in [0.5, 0.6) is 0 Å². The molecule has 1 aliphatic rings. The molecule has 15 heavy (non-hydrogen) atoms. The minimum atomic E-state index is -0.421. The largest absolute Gasteiger partial charge is 0.310 e. The number of nitrogens with one attached hydrogen (secondary N) is 1. The van der Waals surface area contributed by atoms with Crippen LogP contribution >= 0.6 is 39.1 Å². The lowest BCUT2D eigenvalue weighted by atomic mass is 10.0. The molecule has 1 N–H and O–H groups in total. The first kappa shape index (κ1) is 11.6. The fourth-order valence-electron chi connectivity index (χ4n) is 1.83. The van der Waals surface area contributed by atoms with Gasteiger partial charge in [0.05, 0.1) is 5.02 Å². The molecule has 0 spiro atoms. The summed E-state index contributed by atoms with van der Waals surface area (Å²) in [5.74, 6) is -0.421. The third-order valence-corrected chi connectivity index (χ3v) is 4.09. The Labute approximate surface area is 106 Å². The van der Waals surface area contributed by atoms with E-state index >= 15 is 0 Å². The van der Waals surface area contributed by atoms with Crippen molar-refractivity contribution in [3.05, 3.63) is 32.0 Å². The first-order chi connectivity index (χ1) is 7.11. The Hall–Kier alpha value is 0.170. The third-order valence-electron chi connectivity index (χ3n) is 2.56. The summed E-state index contributed by atoms with van der Waals surface area (Å²) >= 11 is 15.0. The molecule has 82 valence electrons. The lowest BCUT2D eigenvalue weighted by Gasteiger charge is -2.15. The maximum atomic E-state index is 13.9. The average molecular weight is 313 g/mol. The van der Waals surface area contributed by atoms with Gasteiger partial charge in [0.2, 0.25) is 0 Å². The molecule has 1 nitrogen and oxygen atoms in total. The van der Waals surface area contributed by atoms with Gasteiger partial charge < -0.3 is 5.32 Å². The van der Waals surface area contributed by atoms with E-state index < -0.39 is 5.82 Å². The summed E-state index contributed by atoms with van der Waals surface area (Å²) in [5, 5.41) is 3.72. The third kappa shape index (κ3) is 2.16. The maximum absolute atomic E-state index is 13.9. The van der Waals surface area contributed by atoms with E-state index in [4.69, 9.17) is 23.2 Å². The van der Waals surface area contributed by atoms with Crippen LogP contribution in [-0.2, 0) is 0 Å². The van der Waals surface area contributed by atoms with Crippen molar-refractivity contribution >= 4 is 39.1 Å². The second kappa shape index (κ2) is 4.58. The van der Waals surface area contributed by atoms with E-state index in [1.54, 1.807) is 6.07 Å². The van der Waals surface area contributed by atoms with E-state index in [-0.39, 0.29) is 11.1 Å². The highest BCUT2D eigenvalue weighted by Crippen LogP contribution is 2.38. The van der Waals surface area contributed by atoms with Gasteiger partial charge in [-0.25, -0.2) is 4.39 Å². The number of hydrogen-bond donors (Lipinski definition) is 1. The van der Waals surface area contributed by atoms with E-state index in [1.165, 1.54) is 0 Å². The summed E-state index contributed by atoms with van der Waals surface area (Å²) in [4.78, 5) is 0. The highest BCUT2D eigenvalue weighted by molar-refractivity contribution is 9.10. The van der Waals surface area contributed by atoms with Gasteiger partial charge in [0.25, 0.3) is 0 Å². The van der Waals surface area contributed by atoms with Crippen molar-refractivity contribution in [3.8, 4) is 0 Å². The zero-order chi connectivity index (χ0) is 11.0. The Kier molecular flexibility index (Phi) is 3.56. The quantitative estimate of drug-likeness (QED) is 0.601. The summed E-state index contributed by atoms with van der Waals surface area (Å²) in [6.45, 7) is 0.897. The normalized spacial score (nSPS) is 20.9. The molecule has 2 rings (SSSR count). The van der Waals surface area contributed by atoms with E-state index in [0.29, 0.717) is 15.1 Å². The van der Waals surface area contributed by atoms with E-state index in [2.05, 4.69) is 21.2 Å². The van der Waals surface area contributed by atoms with Crippen LogP contribution in [0, 0.1) is 5.82 Å². The molecule has 1 aromatic carbocycles. The van der Waals surface area contributed by atoms with Crippen molar-refractivity contribution < 1.29 is 4.39 Å². The lowest BCUT2D eigenvalue weighted by Crippen LogP contribution is -2.15. The number of hydrogen-bond acceptors (Lipinski definition) is 1. The molecule has 0 saturated carbocycles. The number of rotatable bonds is 1. The van der Waals surface area contributed by atoms with Crippen LogP contribution in [0.4, 0.5) is 4.39 Å². The molecule has 1 atom stereocenters. The standard InChI is InChI=1S/C10H9BrCl2FN/c11-5-4-6(12)8(10(14)9(5)13)7-2-1-3-15-7/h4,7,15H,1-3H2/t7-/m0/s1. The second-order valence-electron chi connectivity index (χ2n) is 3.53. The molecule has 1 heterocycles. The smallest absolute Gasteiger partial charge is 0.149 e. The van der Waals surface area contributed by atoms with Gasteiger partial charge in [-0.05, 0) is 41.4 Å². The van der Waals surface area contributed by atoms with Gasteiger partial charge in [-0.3, -0.25) is 0 Å². The summed E-state index contributed by atoms with van der Waals surface area (Å²) in [7, 11) is 0. The van der Waals surface area contributed by atoms with Crippen molar-refractivity contribution in [2.24, 2.45) is 0 Å². The minimum absolute atomic E-state index is 0.0110. The van der Waals surface area contributed by atoms with Crippen LogP contribution in [0.2, 0.25) is 10.0 Å². The topological polar surface area (TPSA) is 12.0 Å². The zero-order valence-electron chi connectivity index (χ0n) is 7.79. The average Bonchev–Trinajstić information content (AvgIpc) is 2.68. The second-order valence-corrected chi connectivity index (χ2v) is 5.17. The van der Waals surface area contributed by atoms with Gasteiger partial charge >= 0.3 is 0 Å². The summed E-state index contributed by atoms with van der Waals surface area (Å²) in [5.41, 5.74) is 0.488. The summed E-state index contributed by atoms with van der Waals surface area (Å²) in [6, 6.07) is 1.63. The van der Waals surface area contributed by atoms with Crippen LogP contribution < -0.4 is 5.32 Å². The van der Waals surface area contributed by atoms with Gasteiger partial charge in [-0.1, -0.05) is 23.2 Å².